The predicted molar refractivity (Wildman–Crippen MR) is 102 cm³/mol. The number of aromatic nitrogens is 2. The van der Waals surface area contributed by atoms with Crippen molar-refractivity contribution in [3.8, 4) is 0 Å². The van der Waals surface area contributed by atoms with Crippen LogP contribution in [0.15, 0.2) is 30.3 Å². The van der Waals surface area contributed by atoms with Crippen LogP contribution in [0.4, 0.5) is 5.82 Å². The van der Waals surface area contributed by atoms with Crippen LogP contribution in [0.25, 0.3) is 0 Å². The van der Waals surface area contributed by atoms with Gasteiger partial charge in [0, 0.05) is 44.2 Å². The lowest BCUT2D eigenvalue weighted by Gasteiger charge is -2.31. The second-order valence-electron chi connectivity index (χ2n) is 7.63. The predicted octanol–water partition coefficient (Wildman–Crippen LogP) is 3.76. The molecule has 25 heavy (non-hydrogen) atoms. The van der Waals surface area contributed by atoms with Gasteiger partial charge < -0.3 is 4.90 Å². The summed E-state index contributed by atoms with van der Waals surface area (Å²) in [7, 11) is 0. The number of rotatable bonds is 4. The van der Waals surface area contributed by atoms with Crippen LogP contribution in [0.5, 0.6) is 0 Å². The Morgan fingerprint density at radius 1 is 1.00 bits per heavy atom. The molecule has 2 aliphatic heterocycles. The lowest BCUT2D eigenvalue weighted by Crippen LogP contribution is -2.33. The number of fused-ring (bicyclic) bond motifs is 1. The highest BCUT2D eigenvalue weighted by Gasteiger charge is 2.26. The van der Waals surface area contributed by atoms with E-state index in [1.165, 1.54) is 35.5 Å². The fraction of sp³-hybridized carbons (Fsp3) is 0.524. The van der Waals surface area contributed by atoms with E-state index in [-0.39, 0.29) is 0 Å². The number of hydrogen-bond donors (Lipinski definition) is 0. The van der Waals surface area contributed by atoms with Crippen molar-refractivity contribution in [1.82, 2.24) is 14.9 Å². The van der Waals surface area contributed by atoms with Crippen molar-refractivity contribution in [2.45, 2.75) is 52.1 Å². The Morgan fingerprint density at radius 3 is 2.48 bits per heavy atom. The molecule has 0 atom stereocenters. The molecule has 1 aromatic carbocycles. The molecule has 2 aromatic rings. The molecule has 0 unspecified atom stereocenters. The quantitative estimate of drug-likeness (QED) is 0.851. The summed E-state index contributed by atoms with van der Waals surface area (Å²) in [5.41, 5.74) is 4.03. The van der Waals surface area contributed by atoms with E-state index in [0.717, 1.165) is 45.0 Å². The van der Waals surface area contributed by atoms with Crippen LogP contribution in [-0.2, 0) is 19.5 Å². The highest BCUT2D eigenvalue weighted by Crippen LogP contribution is 2.30. The fourth-order valence-corrected chi connectivity index (χ4v) is 3.91. The van der Waals surface area contributed by atoms with E-state index in [1.54, 1.807) is 0 Å². The molecular formula is C21H28N4. The van der Waals surface area contributed by atoms with Crippen LogP contribution >= 0.6 is 0 Å². The zero-order valence-electron chi connectivity index (χ0n) is 15.4. The zero-order valence-corrected chi connectivity index (χ0v) is 15.4. The molecule has 0 spiro atoms. The summed E-state index contributed by atoms with van der Waals surface area (Å²) in [5.74, 6) is 2.60. The first-order valence-corrected chi connectivity index (χ1v) is 9.61. The van der Waals surface area contributed by atoms with Crippen molar-refractivity contribution in [1.29, 1.82) is 0 Å². The molecule has 0 aliphatic carbocycles. The monoisotopic (exact) mass is 336 g/mol. The van der Waals surface area contributed by atoms with Crippen molar-refractivity contribution in [2.24, 2.45) is 0 Å². The SMILES string of the molecule is CC(C)c1nc2c(c(N3CCCC3)n1)CCN(Cc1ccccc1)C2. The van der Waals surface area contributed by atoms with Gasteiger partial charge in [0.15, 0.2) is 0 Å². The highest BCUT2D eigenvalue weighted by molar-refractivity contribution is 5.51. The van der Waals surface area contributed by atoms with Gasteiger partial charge in [-0.3, -0.25) is 4.90 Å². The molecule has 132 valence electrons. The van der Waals surface area contributed by atoms with Crippen LogP contribution in [-0.4, -0.2) is 34.5 Å². The smallest absolute Gasteiger partial charge is 0.135 e. The van der Waals surface area contributed by atoms with Crippen molar-refractivity contribution in [3.63, 3.8) is 0 Å². The Kier molecular flexibility index (Phi) is 4.71. The normalized spacial score (nSPS) is 18.0. The van der Waals surface area contributed by atoms with E-state index in [1.807, 2.05) is 0 Å². The lowest BCUT2D eigenvalue weighted by atomic mass is 10.0. The summed E-state index contributed by atoms with van der Waals surface area (Å²) in [6, 6.07) is 10.8. The van der Waals surface area contributed by atoms with Crippen LogP contribution in [0.3, 0.4) is 0 Å². The first-order valence-electron chi connectivity index (χ1n) is 9.61. The van der Waals surface area contributed by atoms with Crippen LogP contribution < -0.4 is 4.90 Å². The van der Waals surface area contributed by atoms with E-state index in [2.05, 4.69) is 54.0 Å². The molecule has 3 heterocycles. The van der Waals surface area contributed by atoms with Gasteiger partial charge in [-0.2, -0.15) is 0 Å². The molecule has 4 nitrogen and oxygen atoms in total. The molecule has 0 bridgehead atoms. The third-order valence-corrected chi connectivity index (χ3v) is 5.31. The fourth-order valence-electron chi connectivity index (χ4n) is 3.91. The van der Waals surface area contributed by atoms with Crippen molar-refractivity contribution in [3.05, 3.63) is 53.0 Å². The second kappa shape index (κ2) is 7.12. The van der Waals surface area contributed by atoms with Gasteiger partial charge in [0.05, 0.1) is 5.69 Å². The minimum Gasteiger partial charge on any atom is -0.356 e. The van der Waals surface area contributed by atoms with Gasteiger partial charge in [0.2, 0.25) is 0 Å². The molecule has 1 fully saturated rings. The van der Waals surface area contributed by atoms with Gasteiger partial charge in [-0.1, -0.05) is 44.2 Å². The Balaban J connectivity index is 1.62. The first kappa shape index (κ1) is 16.5. The zero-order chi connectivity index (χ0) is 17.2. The second-order valence-corrected chi connectivity index (χ2v) is 7.63. The Hall–Kier alpha value is -1.94. The maximum absolute atomic E-state index is 4.97. The van der Waals surface area contributed by atoms with E-state index in [0.29, 0.717) is 5.92 Å². The molecule has 4 rings (SSSR count). The molecule has 0 saturated carbocycles. The molecule has 1 saturated heterocycles. The third kappa shape index (κ3) is 3.54. The Morgan fingerprint density at radius 2 is 1.76 bits per heavy atom. The molecule has 0 amide bonds. The highest BCUT2D eigenvalue weighted by atomic mass is 15.2. The molecule has 0 radical (unpaired) electrons. The standard InChI is InChI=1S/C21H28N4/c1-16(2)20-22-19-15-24(14-17-8-4-3-5-9-17)13-10-18(19)21(23-20)25-11-6-7-12-25/h3-5,8-9,16H,6-7,10-15H2,1-2H3. The van der Waals surface area contributed by atoms with E-state index in [4.69, 9.17) is 9.97 Å². The number of nitrogens with zero attached hydrogens (tertiary/aromatic N) is 4. The minimum atomic E-state index is 0.371. The molecule has 4 heteroatoms. The van der Waals surface area contributed by atoms with Crippen molar-refractivity contribution >= 4 is 5.82 Å². The third-order valence-electron chi connectivity index (χ3n) is 5.31. The van der Waals surface area contributed by atoms with E-state index in [9.17, 15) is 0 Å². The average Bonchev–Trinajstić information content (AvgIpc) is 3.16. The summed E-state index contributed by atoms with van der Waals surface area (Å²) in [4.78, 5) is 14.9. The first-order chi connectivity index (χ1) is 12.2. The van der Waals surface area contributed by atoms with E-state index < -0.39 is 0 Å². The van der Waals surface area contributed by atoms with Gasteiger partial charge in [0.25, 0.3) is 0 Å². The van der Waals surface area contributed by atoms with Crippen LogP contribution in [0, 0.1) is 0 Å². The van der Waals surface area contributed by atoms with Crippen molar-refractivity contribution < 1.29 is 0 Å². The summed E-state index contributed by atoms with van der Waals surface area (Å²) < 4.78 is 0. The van der Waals surface area contributed by atoms with Gasteiger partial charge in [-0.05, 0) is 24.8 Å². The largest absolute Gasteiger partial charge is 0.356 e. The number of hydrogen-bond acceptors (Lipinski definition) is 4. The molecule has 0 N–H and O–H groups in total. The molecule has 1 aromatic heterocycles. The lowest BCUT2D eigenvalue weighted by molar-refractivity contribution is 0.240. The van der Waals surface area contributed by atoms with Crippen molar-refractivity contribution in [2.75, 3.05) is 24.5 Å². The Labute approximate surface area is 150 Å². The van der Waals surface area contributed by atoms with E-state index >= 15 is 0 Å². The molecule has 2 aliphatic rings. The Bertz CT molecular complexity index is 720. The maximum Gasteiger partial charge on any atom is 0.135 e. The summed E-state index contributed by atoms with van der Waals surface area (Å²) in [5, 5.41) is 0. The topological polar surface area (TPSA) is 32.3 Å². The van der Waals surface area contributed by atoms with Gasteiger partial charge in [-0.15, -0.1) is 0 Å². The van der Waals surface area contributed by atoms with Crippen LogP contribution in [0.2, 0.25) is 0 Å². The summed E-state index contributed by atoms with van der Waals surface area (Å²) in [6.45, 7) is 9.71. The van der Waals surface area contributed by atoms with Gasteiger partial charge in [-0.25, -0.2) is 9.97 Å². The summed E-state index contributed by atoms with van der Waals surface area (Å²) >= 11 is 0. The van der Waals surface area contributed by atoms with Gasteiger partial charge in [0.1, 0.15) is 11.6 Å². The van der Waals surface area contributed by atoms with Crippen LogP contribution in [0.1, 0.15) is 55.3 Å². The number of benzene rings is 1. The average molecular weight is 336 g/mol. The van der Waals surface area contributed by atoms with Gasteiger partial charge >= 0.3 is 0 Å². The maximum atomic E-state index is 4.97. The molecular weight excluding hydrogens is 308 g/mol. The number of anilines is 1. The minimum absolute atomic E-state index is 0.371. The summed E-state index contributed by atoms with van der Waals surface area (Å²) in [6.07, 6.45) is 3.64.